The Balaban J connectivity index is 1.80. The van der Waals surface area contributed by atoms with Gasteiger partial charge in [0.2, 0.25) is 5.82 Å². The van der Waals surface area contributed by atoms with Crippen LogP contribution in [0.25, 0.3) is 5.65 Å². The molecule has 0 saturated carbocycles. The SMILES string of the molecule is CN(C)C(CNc1ccc2nnc(C(F)F)n2n1)c1ccccc1. The molecule has 3 aromatic rings. The maximum Gasteiger partial charge on any atom is 0.299 e. The number of hydrogen-bond acceptors (Lipinski definition) is 5. The minimum Gasteiger partial charge on any atom is -0.367 e. The van der Waals surface area contributed by atoms with Gasteiger partial charge in [-0.25, -0.2) is 8.78 Å². The Bertz CT molecular complexity index is 803. The fourth-order valence-electron chi connectivity index (χ4n) is 2.51. The van der Waals surface area contributed by atoms with Crippen molar-refractivity contribution in [2.75, 3.05) is 26.0 Å². The van der Waals surface area contributed by atoms with E-state index in [4.69, 9.17) is 0 Å². The van der Waals surface area contributed by atoms with Gasteiger partial charge in [0.05, 0.1) is 6.04 Å². The predicted molar refractivity (Wildman–Crippen MR) is 87.1 cm³/mol. The summed E-state index contributed by atoms with van der Waals surface area (Å²) < 4.78 is 26.9. The van der Waals surface area contributed by atoms with Gasteiger partial charge in [-0.05, 0) is 31.8 Å². The Labute approximate surface area is 138 Å². The van der Waals surface area contributed by atoms with Gasteiger partial charge in [0.1, 0.15) is 5.82 Å². The first kappa shape index (κ1) is 16.3. The van der Waals surface area contributed by atoms with E-state index in [9.17, 15) is 8.78 Å². The number of fused-ring (bicyclic) bond motifs is 1. The molecule has 0 amide bonds. The zero-order valence-corrected chi connectivity index (χ0v) is 13.4. The fourth-order valence-corrected chi connectivity index (χ4v) is 2.51. The summed E-state index contributed by atoms with van der Waals surface area (Å²) in [5, 5.41) is 14.5. The van der Waals surface area contributed by atoms with E-state index < -0.39 is 12.2 Å². The molecule has 0 bridgehead atoms. The third-order valence-electron chi connectivity index (χ3n) is 3.77. The van der Waals surface area contributed by atoms with Crippen LogP contribution in [-0.4, -0.2) is 45.4 Å². The first-order chi connectivity index (χ1) is 11.6. The molecule has 6 nitrogen and oxygen atoms in total. The molecule has 1 aromatic carbocycles. The smallest absolute Gasteiger partial charge is 0.299 e. The first-order valence-corrected chi connectivity index (χ1v) is 7.52. The molecule has 0 radical (unpaired) electrons. The molecule has 8 heteroatoms. The molecular formula is C16H18F2N6. The Morgan fingerprint density at radius 2 is 1.83 bits per heavy atom. The Hall–Kier alpha value is -2.61. The van der Waals surface area contributed by atoms with Crippen molar-refractivity contribution in [2.24, 2.45) is 0 Å². The highest BCUT2D eigenvalue weighted by molar-refractivity contribution is 5.44. The van der Waals surface area contributed by atoms with Crippen LogP contribution in [0.5, 0.6) is 0 Å². The minimum absolute atomic E-state index is 0.124. The summed E-state index contributed by atoms with van der Waals surface area (Å²) in [5.41, 5.74) is 1.46. The Morgan fingerprint density at radius 3 is 2.50 bits per heavy atom. The lowest BCUT2D eigenvalue weighted by Crippen LogP contribution is -2.27. The molecule has 126 valence electrons. The van der Waals surface area contributed by atoms with Crippen LogP contribution in [0.3, 0.4) is 0 Å². The Morgan fingerprint density at radius 1 is 1.08 bits per heavy atom. The Kier molecular flexibility index (Phi) is 4.66. The summed E-state index contributed by atoms with van der Waals surface area (Å²) >= 11 is 0. The molecule has 0 aliphatic heterocycles. The fraction of sp³-hybridized carbons (Fsp3) is 0.312. The molecule has 0 saturated heterocycles. The molecule has 1 unspecified atom stereocenters. The third kappa shape index (κ3) is 3.33. The maximum atomic E-state index is 12.9. The highest BCUT2D eigenvalue weighted by atomic mass is 19.3. The van der Waals surface area contributed by atoms with Gasteiger partial charge in [-0.2, -0.15) is 4.52 Å². The second kappa shape index (κ2) is 6.88. The molecule has 2 heterocycles. The van der Waals surface area contributed by atoms with Crippen LogP contribution in [0.1, 0.15) is 23.9 Å². The van der Waals surface area contributed by atoms with Crippen LogP contribution in [0.4, 0.5) is 14.6 Å². The average Bonchev–Trinajstić information content (AvgIpc) is 2.99. The van der Waals surface area contributed by atoms with Crippen LogP contribution in [0, 0.1) is 0 Å². The zero-order valence-electron chi connectivity index (χ0n) is 13.4. The van der Waals surface area contributed by atoms with Crippen LogP contribution in [-0.2, 0) is 0 Å². The van der Waals surface area contributed by atoms with E-state index >= 15 is 0 Å². The highest BCUT2D eigenvalue weighted by Gasteiger charge is 2.18. The molecule has 24 heavy (non-hydrogen) atoms. The number of nitrogens with one attached hydrogen (secondary N) is 1. The summed E-state index contributed by atoms with van der Waals surface area (Å²) in [7, 11) is 3.98. The van der Waals surface area contributed by atoms with Gasteiger partial charge in [0, 0.05) is 6.54 Å². The zero-order chi connectivity index (χ0) is 17.1. The number of hydrogen-bond donors (Lipinski definition) is 1. The summed E-state index contributed by atoms with van der Waals surface area (Å²) in [6, 6.07) is 13.5. The highest BCUT2D eigenvalue weighted by Crippen LogP contribution is 2.20. The van der Waals surface area contributed by atoms with Crippen LogP contribution >= 0.6 is 0 Å². The second-order valence-corrected chi connectivity index (χ2v) is 5.62. The average molecular weight is 332 g/mol. The summed E-state index contributed by atoms with van der Waals surface area (Å²) in [5.74, 6) is 0.0350. The molecule has 0 fully saturated rings. The van der Waals surface area contributed by atoms with Crippen molar-refractivity contribution in [3.05, 3.63) is 53.9 Å². The third-order valence-corrected chi connectivity index (χ3v) is 3.77. The van der Waals surface area contributed by atoms with Crippen molar-refractivity contribution in [3.8, 4) is 0 Å². The predicted octanol–water partition coefficient (Wildman–Crippen LogP) is 2.78. The van der Waals surface area contributed by atoms with Crippen molar-refractivity contribution < 1.29 is 8.78 Å². The van der Waals surface area contributed by atoms with Gasteiger partial charge in [-0.15, -0.1) is 15.3 Å². The summed E-state index contributed by atoms with van der Waals surface area (Å²) in [6.45, 7) is 0.585. The van der Waals surface area contributed by atoms with Crippen LogP contribution < -0.4 is 5.32 Å². The van der Waals surface area contributed by atoms with Gasteiger partial charge in [-0.3, -0.25) is 0 Å². The second-order valence-electron chi connectivity index (χ2n) is 5.62. The standard InChI is InChI=1S/C16H18F2N6/c1-23(2)12(11-6-4-3-5-7-11)10-19-13-8-9-14-20-21-16(15(17)18)24(14)22-13/h3-9,12,15H,10H2,1-2H3,(H,19,22). The van der Waals surface area contributed by atoms with Gasteiger partial charge < -0.3 is 10.2 Å². The lowest BCUT2D eigenvalue weighted by Gasteiger charge is -2.25. The quantitative estimate of drug-likeness (QED) is 0.752. The lowest BCUT2D eigenvalue weighted by molar-refractivity contribution is 0.137. The number of benzene rings is 1. The molecule has 1 atom stereocenters. The minimum atomic E-state index is -2.72. The van der Waals surface area contributed by atoms with Crippen LogP contribution in [0.2, 0.25) is 0 Å². The lowest BCUT2D eigenvalue weighted by atomic mass is 10.1. The van der Waals surface area contributed by atoms with Crippen molar-refractivity contribution in [1.29, 1.82) is 0 Å². The molecule has 0 spiro atoms. The van der Waals surface area contributed by atoms with Gasteiger partial charge in [0.15, 0.2) is 5.65 Å². The number of anilines is 1. The topological polar surface area (TPSA) is 58.3 Å². The number of likely N-dealkylation sites (N-methyl/N-ethyl adjacent to an activating group) is 1. The van der Waals surface area contributed by atoms with E-state index in [1.807, 2.05) is 32.3 Å². The summed E-state index contributed by atoms with van der Waals surface area (Å²) in [6.07, 6.45) is -2.72. The molecule has 0 aliphatic rings. The van der Waals surface area contributed by atoms with Crippen molar-refractivity contribution in [3.63, 3.8) is 0 Å². The van der Waals surface area contributed by atoms with Gasteiger partial charge >= 0.3 is 0 Å². The number of nitrogens with zero attached hydrogens (tertiary/aromatic N) is 5. The number of alkyl halides is 2. The van der Waals surface area contributed by atoms with Crippen molar-refractivity contribution in [1.82, 2.24) is 24.7 Å². The van der Waals surface area contributed by atoms with Crippen molar-refractivity contribution in [2.45, 2.75) is 12.5 Å². The molecular weight excluding hydrogens is 314 g/mol. The van der Waals surface area contributed by atoms with E-state index in [-0.39, 0.29) is 6.04 Å². The normalized spacial score (nSPS) is 12.9. The molecule has 0 aliphatic carbocycles. The summed E-state index contributed by atoms with van der Waals surface area (Å²) in [4.78, 5) is 2.09. The molecule has 3 rings (SSSR count). The van der Waals surface area contributed by atoms with Crippen molar-refractivity contribution >= 4 is 11.5 Å². The maximum absolute atomic E-state index is 12.9. The molecule has 2 aromatic heterocycles. The van der Waals surface area contributed by atoms with Gasteiger partial charge in [-0.1, -0.05) is 30.3 Å². The molecule has 1 N–H and O–H groups in total. The number of aromatic nitrogens is 4. The number of rotatable bonds is 6. The van der Waals surface area contributed by atoms with E-state index in [1.54, 1.807) is 12.1 Å². The largest absolute Gasteiger partial charge is 0.367 e. The van der Waals surface area contributed by atoms with E-state index in [1.165, 1.54) is 0 Å². The van der Waals surface area contributed by atoms with E-state index in [0.29, 0.717) is 18.0 Å². The number of halogens is 2. The van der Waals surface area contributed by atoms with Gasteiger partial charge in [0.25, 0.3) is 6.43 Å². The van der Waals surface area contributed by atoms with E-state index in [2.05, 4.69) is 37.6 Å². The first-order valence-electron chi connectivity index (χ1n) is 7.52. The monoisotopic (exact) mass is 332 g/mol. The van der Waals surface area contributed by atoms with E-state index in [0.717, 1.165) is 10.1 Å². The van der Waals surface area contributed by atoms with Crippen LogP contribution in [0.15, 0.2) is 42.5 Å².